The number of rotatable bonds is 17. The van der Waals surface area contributed by atoms with E-state index in [4.69, 9.17) is 16.3 Å². The monoisotopic (exact) mass is 346 g/mol. The minimum atomic E-state index is -0.452. The molecule has 0 rings (SSSR count). The first-order valence-corrected chi connectivity index (χ1v) is 10.5. The van der Waals surface area contributed by atoms with E-state index in [-0.39, 0.29) is 5.97 Å². The maximum absolute atomic E-state index is 11.4. The molecule has 1 atom stereocenters. The molecule has 0 aromatic rings. The Balaban J connectivity index is 3.14. The van der Waals surface area contributed by atoms with Crippen LogP contribution in [0, 0.1) is 0 Å². The highest BCUT2D eigenvalue weighted by Gasteiger charge is 2.15. The van der Waals surface area contributed by atoms with Gasteiger partial charge in [0.25, 0.3) is 0 Å². The molecule has 0 aromatic carbocycles. The summed E-state index contributed by atoms with van der Waals surface area (Å²) >= 11 is 5.99. The van der Waals surface area contributed by atoms with Crippen LogP contribution in [-0.2, 0) is 9.53 Å². The molecule has 0 amide bonds. The summed E-state index contributed by atoms with van der Waals surface area (Å²) in [6, 6.07) is 0. The zero-order valence-electron chi connectivity index (χ0n) is 15.6. The molecule has 0 aliphatic rings. The molecule has 0 radical (unpaired) electrons. The number of carbonyl (C=O) groups excluding carboxylic acids is 1. The third kappa shape index (κ3) is 16.4. The van der Waals surface area contributed by atoms with Crippen LogP contribution in [0.4, 0.5) is 0 Å². The van der Waals surface area contributed by atoms with E-state index in [0.717, 1.165) is 12.8 Å². The molecule has 0 N–H and O–H groups in total. The molecule has 0 saturated carbocycles. The predicted octanol–water partition coefficient (Wildman–Crippen LogP) is 7.03. The van der Waals surface area contributed by atoms with Crippen LogP contribution in [0.1, 0.15) is 110 Å². The van der Waals surface area contributed by atoms with E-state index in [2.05, 4.69) is 6.92 Å². The number of alkyl halides is 1. The lowest BCUT2D eigenvalue weighted by Crippen LogP contribution is -2.17. The van der Waals surface area contributed by atoms with Crippen LogP contribution in [0.3, 0.4) is 0 Å². The summed E-state index contributed by atoms with van der Waals surface area (Å²) < 4.78 is 4.90. The van der Waals surface area contributed by atoms with Crippen molar-refractivity contribution in [3.63, 3.8) is 0 Å². The lowest BCUT2D eigenvalue weighted by Gasteiger charge is -2.08. The number of carbonyl (C=O) groups is 1. The second kappa shape index (κ2) is 18.1. The number of halogens is 1. The molecule has 2 nitrogen and oxygen atoms in total. The van der Waals surface area contributed by atoms with E-state index in [1.54, 1.807) is 0 Å². The number of hydrogen-bond donors (Lipinski definition) is 0. The van der Waals surface area contributed by atoms with Crippen LogP contribution in [0.25, 0.3) is 0 Å². The minimum absolute atomic E-state index is 0.260. The maximum atomic E-state index is 11.4. The standard InChI is InChI=1S/C20H39ClO2/c1-3-5-6-7-8-9-10-11-12-13-14-15-16-17-18-19(21)20(22)23-4-2/h19H,3-18H2,1-2H3. The van der Waals surface area contributed by atoms with Crippen molar-refractivity contribution >= 4 is 17.6 Å². The SMILES string of the molecule is CCCCCCCCCCCCCCCCC(Cl)C(=O)OCC. The van der Waals surface area contributed by atoms with Gasteiger partial charge >= 0.3 is 5.97 Å². The zero-order chi connectivity index (χ0) is 17.2. The molecule has 0 aromatic heterocycles. The summed E-state index contributed by atoms with van der Waals surface area (Å²) in [5.41, 5.74) is 0. The summed E-state index contributed by atoms with van der Waals surface area (Å²) in [6.07, 6.45) is 19.6. The fourth-order valence-electron chi connectivity index (χ4n) is 2.87. The summed E-state index contributed by atoms with van der Waals surface area (Å²) in [6.45, 7) is 4.50. The van der Waals surface area contributed by atoms with Crippen LogP contribution >= 0.6 is 11.6 Å². The fraction of sp³-hybridized carbons (Fsp3) is 0.950. The average Bonchev–Trinajstić information content (AvgIpc) is 2.55. The van der Waals surface area contributed by atoms with Gasteiger partial charge in [-0.05, 0) is 13.3 Å². The normalized spacial score (nSPS) is 12.3. The van der Waals surface area contributed by atoms with Gasteiger partial charge in [-0.15, -0.1) is 11.6 Å². The van der Waals surface area contributed by atoms with Gasteiger partial charge in [0.05, 0.1) is 6.61 Å². The highest BCUT2D eigenvalue weighted by Crippen LogP contribution is 2.15. The van der Waals surface area contributed by atoms with Crippen molar-refractivity contribution in [2.75, 3.05) is 6.61 Å². The van der Waals surface area contributed by atoms with Crippen LogP contribution < -0.4 is 0 Å². The quantitative estimate of drug-likeness (QED) is 0.160. The van der Waals surface area contributed by atoms with Gasteiger partial charge in [-0.25, -0.2) is 0 Å². The van der Waals surface area contributed by atoms with E-state index in [1.165, 1.54) is 83.5 Å². The van der Waals surface area contributed by atoms with E-state index < -0.39 is 5.38 Å². The summed E-state index contributed by atoms with van der Waals surface area (Å²) in [5, 5.41) is -0.452. The Morgan fingerprint density at radius 1 is 0.739 bits per heavy atom. The average molecular weight is 347 g/mol. The lowest BCUT2D eigenvalue weighted by atomic mass is 10.0. The van der Waals surface area contributed by atoms with Crippen molar-refractivity contribution < 1.29 is 9.53 Å². The Kier molecular flexibility index (Phi) is 17.9. The second-order valence-corrected chi connectivity index (χ2v) is 7.13. The van der Waals surface area contributed by atoms with E-state index in [9.17, 15) is 4.79 Å². The molecule has 0 aliphatic heterocycles. The first-order chi connectivity index (χ1) is 11.2. The largest absolute Gasteiger partial charge is 0.465 e. The topological polar surface area (TPSA) is 26.3 Å². The first-order valence-electron chi connectivity index (χ1n) is 10.0. The lowest BCUT2D eigenvalue weighted by molar-refractivity contribution is -0.142. The number of unbranched alkanes of at least 4 members (excludes halogenated alkanes) is 13. The molecule has 1 unspecified atom stereocenters. The Labute approximate surface area is 149 Å². The molecular formula is C20H39ClO2. The summed E-state index contributed by atoms with van der Waals surface area (Å²) in [7, 11) is 0. The molecule has 138 valence electrons. The van der Waals surface area contributed by atoms with E-state index in [0.29, 0.717) is 6.61 Å². The molecule has 0 heterocycles. The molecule has 3 heteroatoms. The smallest absolute Gasteiger partial charge is 0.324 e. The van der Waals surface area contributed by atoms with Gasteiger partial charge in [-0.1, -0.05) is 96.8 Å². The number of hydrogen-bond acceptors (Lipinski definition) is 2. The van der Waals surface area contributed by atoms with Gasteiger partial charge in [0.2, 0.25) is 0 Å². The number of ether oxygens (including phenoxy) is 1. The maximum Gasteiger partial charge on any atom is 0.324 e. The molecule has 0 fully saturated rings. The fourth-order valence-corrected chi connectivity index (χ4v) is 3.09. The van der Waals surface area contributed by atoms with Gasteiger partial charge in [-0.2, -0.15) is 0 Å². The molecule has 23 heavy (non-hydrogen) atoms. The molecule has 0 spiro atoms. The molecule has 0 saturated heterocycles. The highest BCUT2D eigenvalue weighted by molar-refractivity contribution is 6.29. The highest BCUT2D eigenvalue weighted by atomic mass is 35.5. The van der Waals surface area contributed by atoms with Crippen LogP contribution in [0.2, 0.25) is 0 Å². The summed E-state index contributed by atoms with van der Waals surface area (Å²) in [4.78, 5) is 11.4. The Hall–Kier alpha value is -0.240. The van der Waals surface area contributed by atoms with Gasteiger partial charge in [0, 0.05) is 0 Å². The Bertz CT molecular complexity index is 256. The first kappa shape index (κ1) is 22.8. The number of esters is 1. The van der Waals surface area contributed by atoms with Crippen LogP contribution in [-0.4, -0.2) is 18.0 Å². The third-order valence-electron chi connectivity index (χ3n) is 4.35. The van der Waals surface area contributed by atoms with Gasteiger partial charge in [-0.3, -0.25) is 4.79 Å². The zero-order valence-corrected chi connectivity index (χ0v) is 16.3. The van der Waals surface area contributed by atoms with Gasteiger partial charge < -0.3 is 4.74 Å². The predicted molar refractivity (Wildman–Crippen MR) is 101 cm³/mol. The van der Waals surface area contributed by atoms with E-state index in [1.807, 2.05) is 6.92 Å². The van der Waals surface area contributed by atoms with Crippen LogP contribution in [0.15, 0.2) is 0 Å². The van der Waals surface area contributed by atoms with Gasteiger partial charge in [0.15, 0.2) is 0 Å². The molecule has 0 aliphatic carbocycles. The van der Waals surface area contributed by atoms with Crippen molar-refractivity contribution in [3.05, 3.63) is 0 Å². The third-order valence-corrected chi connectivity index (χ3v) is 4.75. The van der Waals surface area contributed by atoms with Crippen molar-refractivity contribution in [3.8, 4) is 0 Å². The van der Waals surface area contributed by atoms with Crippen molar-refractivity contribution in [1.29, 1.82) is 0 Å². The van der Waals surface area contributed by atoms with Crippen molar-refractivity contribution in [2.45, 2.75) is 116 Å². The molecule has 0 bridgehead atoms. The summed E-state index contributed by atoms with van der Waals surface area (Å²) in [5.74, 6) is -0.260. The van der Waals surface area contributed by atoms with Crippen molar-refractivity contribution in [2.24, 2.45) is 0 Å². The van der Waals surface area contributed by atoms with Crippen molar-refractivity contribution in [1.82, 2.24) is 0 Å². The second-order valence-electron chi connectivity index (χ2n) is 6.60. The van der Waals surface area contributed by atoms with Gasteiger partial charge in [0.1, 0.15) is 5.38 Å². The molecular weight excluding hydrogens is 308 g/mol. The van der Waals surface area contributed by atoms with E-state index >= 15 is 0 Å². The Morgan fingerprint density at radius 3 is 1.52 bits per heavy atom. The minimum Gasteiger partial charge on any atom is -0.465 e. The Morgan fingerprint density at radius 2 is 1.13 bits per heavy atom. The van der Waals surface area contributed by atoms with Crippen LogP contribution in [0.5, 0.6) is 0 Å².